The minimum absolute atomic E-state index is 0.0825. The van der Waals surface area contributed by atoms with Gasteiger partial charge in [0.2, 0.25) is 0 Å². The van der Waals surface area contributed by atoms with Crippen LogP contribution in [0.1, 0.15) is 13.8 Å². The number of carbonyl (C=O) groups excluding carboxylic acids is 4. The number of hydrogen-bond donors (Lipinski definition) is 0. The fourth-order valence-corrected chi connectivity index (χ4v) is 2.57. The maximum atomic E-state index is 13.0. The summed E-state index contributed by atoms with van der Waals surface area (Å²) in [4.78, 5) is 48.4. The molecule has 0 aromatic heterocycles. The third-order valence-electron chi connectivity index (χ3n) is 4.64. The number of hydrogen-bond acceptors (Lipinski definition) is 8. The van der Waals surface area contributed by atoms with Gasteiger partial charge in [-0.05, 0) is 26.0 Å². The van der Waals surface area contributed by atoms with Crippen molar-refractivity contribution in [1.82, 2.24) is 0 Å². The average Bonchev–Trinajstić information content (AvgIpc) is 2.82. The summed E-state index contributed by atoms with van der Waals surface area (Å²) >= 11 is 0. The number of rotatable bonds is 8. The molecule has 0 unspecified atom stereocenters. The van der Waals surface area contributed by atoms with Crippen molar-refractivity contribution < 1.29 is 64.5 Å². The van der Waals surface area contributed by atoms with Crippen LogP contribution in [0.3, 0.4) is 0 Å². The van der Waals surface area contributed by atoms with E-state index in [-0.39, 0.29) is 27.7 Å². The Kier molecular flexibility index (Phi) is 8.99. The molecule has 0 N–H and O–H groups in total. The first-order valence-corrected chi connectivity index (χ1v) is 10.6. The summed E-state index contributed by atoms with van der Waals surface area (Å²) in [6.07, 6.45) is -10.4. The number of fused-ring (bicyclic) bond motifs is 1. The molecule has 0 aliphatic heterocycles. The van der Waals surface area contributed by atoms with Crippen molar-refractivity contribution in [2.45, 2.75) is 26.2 Å². The lowest BCUT2D eigenvalue weighted by atomic mass is 10.1. The van der Waals surface area contributed by atoms with Gasteiger partial charge in [-0.15, -0.1) is 0 Å². The van der Waals surface area contributed by atoms with E-state index >= 15 is 0 Å². The molecule has 0 aliphatic carbocycles. The molecule has 2 aromatic rings. The highest BCUT2D eigenvalue weighted by molar-refractivity contribution is 6.02. The van der Waals surface area contributed by atoms with Crippen LogP contribution in [0, 0.1) is 0 Å². The van der Waals surface area contributed by atoms with E-state index < -0.39 is 64.6 Å². The Balaban J connectivity index is 2.84. The quantitative estimate of drug-likeness (QED) is 0.168. The molecule has 0 saturated heterocycles. The van der Waals surface area contributed by atoms with E-state index in [2.05, 4.69) is 31.1 Å². The maximum Gasteiger partial charge on any atom is 0.422 e. The van der Waals surface area contributed by atoms with Crippen molar-refractivity contribution in [2.24, 2.45) is 0 Å². The molecule has 0 saturated carbocycles. The van der Waals surface area contributed by atoms with Crippen molar-refractivity contribution in [1.29, 1.82) is 0 Å². The van der Waals surface area contributed by atoms with Crippen LogP contribution < -0.4 is 18.9 Å². The standard InChI is InChI=1S/C26H18F6O8/c1-11(2)21(33)37-15-7-18-17(19(9-15)39-22(34)12(3)4)8-16(38-23(35)13(5)25(27,28)29)10-20(18)40-24(36)14(6)26(30,31)32/h7-10H,1,3,5-6H2,2,4H3. The van der Waals surface area contributed by atoms with Gasteiger partial charge < -0.3 is 18.9 Å². The van der Waals surface area contributed by atoms with Gasteiger partial charge in [0.1, 0.15) is 34.1 Å². The SMILES string of the molecule is C=C(C)C(=O)Oc1cc(OC(=O)C(=C)C)c2cc(OC(=O)C(=C)C(F)(F)F)cc(OC(=O)C(=C)C(F)(F)F)c2c1. The first-order valence-electron chi connectivity index (χ1n) is 10.6. The highest BCUT2D eigenvalue weighted by Gasteiger charge is 2.39. The number of ether oxygens (including phenoxy) is 4. The van der Waals surface area contributed by atoms with Gasteiger partial charge in [0, 0.05) is 34.1 Å². The minimum Gasteiger partial charge on any atom is -0.423 e. The Morgan fingerprint density at radius 1 is 0.550 bits per heavy atom. The second-order valence-electron chi connectivity index (χ2n) is 8.01. The van der Waals surface area contributed by atoms with Gasteiger partial charge in [-0.2, -0.15) is 26.3 Å². The number of esters is 4. The van der Waals surface area contributed by atoms with Crippen molar-refractivity contribution in [2.75, 3.05) is 0 Å². The molecular formula is C26H18F6O8. The van der Waals surface area contributed by atoms with E-state index in [4.69, 9.17) is 14.2 Å². The zero-order valence-electron chi connectivity index (χ0n) is 20.7. The van der Waals surface area contributed by atoms with E-state index in [9.17, 15) is 45.5 Å². The second kappa shape index (κ2) is 11.5. The molecule has 14 heteroatoms. The van der Waals surface area contributed by atoms with E-state index in [1.165, 1.54) is 13.8 Å². The van der Waals surface area contributed by atoms with Gasteiger partial charge >= 0.3 is 36.2 Å². The largest absolute Gasteiger partial charge is 0.423 e. The number of halogens is 6. The first-order chi connectivity index (χ1) is 18.2. The first kappa shape index (κ1) is 31.3. The number of carbonyl (C=O) groups is 4. The molecule has 212 valence electrons. The van der Waals surface area contributed by atoms with E-state index in [0.717, 1.165) is 18.2 Å². The van der Waals surface area contributed by atoms with Crippen LogP contribution in [-0.4, -0.2) is 36.2 Å². The van der Waals surface area contributed by atoms with Crippen LogP contribution in [0.25, 0.3) is 10.8 Å². The molecule has 2 aromatic carbocycles. The molecule has 0 fully saturated rings. The molecule has 0 amide bonds. The zero-order valence-corrected chi connectivity index (χ0v) is 20.7. The topological polar surface area (TPSA) is 105 Å². The van der Waals surface area contributed by atoms with E-state index in [1.54, 1.807) is 0 Å². The van der Waals surface area contributed by atoms with Gasteiger partial charge in [-0.1, -0.05) is 26.3 Å². The highest BCUT2D eigenvalue weighted by atomic mass is 19.4. The summed E-state index contributed by atoms with van der Waals surface area (Å²) in [6.45, 7) is 14.5. The van der Waals surface area contributed by atoms with Crippen molar-refractivity contribution in [3.05, 3.63) is 72.9 Å². The Morgan fingerprint density at radius 3 is 1.20 bits per heavy atom. The molecule has 2 rings (SSSR count). The van der Waals surface area contributed by atoms with Crippen molar-refractivity contribution in [3.63, 3.8) is 0 Å². The third kappa shape index (κ3) is 7.58. The molecule has 40 heavy (non-hydrogen) atoms. The highest BCUT2D eigenvalue weighted by Crippen LogP contribution is 2.41. The lowest BCUT2D eigenvalue weighted by Gasteiger charge is -2.17. The summed E-state index contributed by atoms with van der Waals surface area (Å²) in [6, 6.07) is 3.36. The molecule has 0 spiro atoms. The van der Waals surface area contributed by atoms with Crippen LogP contribution >= 0.6 is 0 Å². The summed E-state index contributed by atoms with van der Waals surface area (Å²) in [7, 11) is 0. The fraction of sp³-hybridized carbons (Fsp3) is 0.154. The number of alkyl halides is 6. The fourth-order valence-electron chi connectivity index (χ4n) is 2.57. The van der Waals surface area contributed by atoms with Crippen LogP contribution in [0.4, 0.5) is 26.3 Å². The normalized spacial score (nSPS) is 11.3. The maximum absolute atomic E-state index is 13.0. The van der Waals surface area contributed by atoms with Gasteiger partial charge in [-0.25, -0.2) is 19.2 Å². The van der Waals surface area contributed by atoms with Gasteiger partial charge in [0.25, 0.3) is 0 Å². The Labute approximate surface area is 221 Å². The average molecular weight is 572 g/mol. The third-order valence-corrected chi connectivity index (χ3v) is 4.64. The smallest absolute Gasteiger partial charge is 0.422 e. The zero-order chi connectivity index (χ0) is 30.7. The van der Waals surface area contributed by atoms with Crippen molar-refractivity contribution in [3.8, 4) is 23.0 Å². The van der Waals surface area contributed by atoms with Crippen LogP contribution in [0.2, 0.25) is 0 Å². The molecule has 0 heterocycles. The minimum atomic E-state index is -5.23. The Hall–Kier alpha value is -4.88. The molecule has 0 radical (unpaired) electrons. The predicted octanol–water partition coefficient (Wildman–Crippen LogP) is 5.85. The summed E-state index contributed by atoms with van der Waals surface area (Å²) in [5, 5.41) is -0.706. The molecule has 0 bridgehead atoms. The van der Waals surface area contributed by atoms with Crippen LogP contribution in [-0.2, 0) is 19.2 Å². The monoisotopic (exact) mass is 572 g/mol. The van der Waals surface area contributed by atoms with Gasteiger partial charge in [-0.3, -0.25) is 0 Å². The van der Waals surface area contributed by atoms with E-state index in [0.29, 0.717) is 6.07 Å². The molecular weight excluding hydrogens is 554 g/mol. The van der Waals surface area contributed by atoms with Crippen molar-refractivity contribution >= 4 is 34.6 Å². The Bertz CT molecular complexity index is 1480. The summed E-state index contributed by atoms with van der Waals surface area (Å²) in [5.41, 5.74) is -4.13. The van der Waals surface area contributed by atoms with Gasteiger partial charge in [0.15, 0.2) is 0 Å². The summed E-state index contributed by atoms with van der Waals surface area (Å²) < 4.78 is 97.4. The molecule has 0 aliphatic rings. The molecule has 0 atom stereocenters. The van der Waals surface area contributed by atoms with Crippen LogP contribution in [0.15, 0.2) is 72.9 Å². The van der Waals surface area contributed by atoms with Gasteiger partial charge in [0.05, 0.1) is 0 Å². The van der Waals surface area contributed by atoms with E-state index in [1.807, 2.05) is 0 Å². The lowest BCUT2D eigenvalue weighted by molar-refractivity contribution is -0.143. The van der Waals surface area contributed by atoms with Crippen LogP contribution in [0.5, 0.6) is 23.0 Å². The lowest BCUT2D eigenvalue weighted by Crippen LogP contribution is -2.24. The summed E-state index contributed by atoms with van der Waals surface area (Å²) in [5.74, 6) is -8.59. The molecule has 8 nitrogen and oxygen atoms in total. The predicted molar refractivity (Wildman–Crippen MR) is 127 cm³/mol. The number of benzene rings is 2. The second-order valence-corrected chi connectivity index (χ2v) is 8.01. The Morgan fingerprint density at radius 2 is 0.850 bits per heavy atom.